The Hall–Kier alpha value is -0.410. The average Bonchev–Trinajstić information content (AvgIpc) is 2.07. The Balaban J connectivity index is 2.86. The van der Waals surface area contributed by atoms with Gasteiger partial charge in [0.25, 0.3) is 0 Å². The molecule has 1 heterocycles. The topological polar surface area (TPSA) is 33.1 Å². The third-order valence-electron chi connectivity index (χ3n) is 1.78. The van der Waals surface area contributed by atoms with E-state index in [1.165, 1.54) is 5.56 Å². The van der Waals surface area contributed by atoms with Gasteiger partial charge in [0.15, 0.2) is 0 Å². The highest BCUT2D eigenvalue weighted by Crippen LogP contribution is 2.16. The fourth-order valence-electron chi connectivity index (χ4n) is 1.24. The van der Waals surface area contributed by atoms with Crippen LogP contribution in [0.3, 0.4) is 0 Å². The molecule has 72 valence electrons. The molecule has 1 rings (SSSR count). The van der Waals surface area contributed by atoms with Crippen LogP contribution in [0.4, 0.5) is 0 Å². The lowest BCUT2D eigenvalue weighted by Crippen LogP contribution is -1.97. The van der Waals surface area contributed by atoms with Gasteiger partial charge >= 0.3 is 0 Å². The van der Waals surface area contributed by atoms with Crippen molar-refractivity contribution in [2.24, 2.45) is 5.92 Å². The molecule has 0 aliphatic carbocycles. The predicted molar refractivity (Wildman–Crippen MR) is 56.4 cm³/mol. The number of rotatable bonds is 3. The van der Waals surface area contributed by atoms with E-state index in [2.05, 4.69) is 34.8 Å². The third-order valence-corrected chi connectivity index (χ3v) is 2.50. The standard InChI is InChI=1S/C10H14BrNO/c1-7(2)3-8-4-9(6-13)10(11)12-5-8/h4-5,7,13H,3,6H2,1-2H3. The fourth-order valence-corrected chi connectivity index (χ4v) is 1.58. The number of aromatic nitrogens is 1. The van der Waals surface area contributed by atoms with Crippen LogP contribution in [0.1, 0.15) is 25.0 Å². The molecule has 0 aromatic carbocycles. The lowest BCUT2D eigenvalue weighted by molar-refractivity contribution is 0.280. The van der Waals surface area contributed by atoms with E-state index in [-0.39, 0.29) is 6.61 Å². The van der Waals surface area contributed by atoms with E-state index in [9.17, 15) is 0 Å². The molecule has 0 spiro atoms. The van der Waals surface area contributed by atoms with Crippen LogP contribution in [-0.4, -0.2) is 10.1 Å². The van der Waals surface area contributed by atoms with Crippen molar-refractivity contribution in [3.8, 4) is 0 Å². The highest BCUT2D eigenvalue weighted by Gasteiger charge is 2.03. The molecular weight excluding hydrogens is 230 g/mol. The van der Waals surface area contributed by atoms with Gasteiger partial charge in [0.1, 0.15) is 4.60 Å². The second-order valence-corrected chi connectivity index (χ2v) is 4.30. The van der Waals surface area contributed by atoms with Gasteiger partial charge in [0.05, 0.1) is 6.61 Å². The fraction of sp³-hybridized carbons (Fsp3) is 0.500. The summed E-state index contributed by atoms with van der Waals surface area (Å²) in [7, 11) is 0. The highest BCUT2D eigenvalue weighted by molar-refractivity contribution is 9.10. The molecule has 13 heavy (non-hydrogen) atoms. The summed E-state index contributed by atoms with van der Waals surface area (Å²) in [6, 6.07) is 2.00. The molecule has 0 saturated carbocycles. The van der Waals surface area contributed by atoms with Gasteiger partial charge in [-0.25, -0.2) is 4.98 Å². The molecule has 0 fully saturated rings. The molecule has 2 nitrogen and oxygen atoms in total. The Bertz CT molecular complexity index is 286. The molecule has 0 amide bonds. The first-order valence-corrected chi connectivity index (χ1v) is 5.17. The number of aliphatic hydroxyl groups excluding tert-OH is 1. The van der Waals surface area contributed by atoms with Crippen molar-refractivity contribution < 1.29 is 5.11 Å². The molecule has 0 saturated heterocycles. The molecule has 3 heteroatoms. The van der Waals surface area contributed by atoms with Crippen LogP contribution in [-0.2, 0) is 13.0 Å². The molecule has 1 aromatic rings. The normalized spacial score (nSPS) is 10.8. The molecule has 1 aromatic heterocycles. The van der Waals surface area contributed by atoms with Crippen LogP contribution in [0.15, 0.2) is 16.9 Å². The van der Waals surface area contributed by atoms with Gasteiger partial charge in [-0.3, -0.25) is 0 Å². The molecule has 0 aliphatic heterocycles. The maximum absolute atomic E-state index is 9.01. The first-order valence-electron chi connectivity index (χ1n) is 4.37. The second kappa shape index (κ2) is 4.72. The molecule has 0 aliphatic rings. The minimum Gasteiger partial charge on any atom is -0.392 e. The number of pyridine rings is 1. The minimum absolute atomic E-state index is 0.0412. The Morgan fingerprint density at radius 3 is 2.77 bits per heavy atom. The first kappa shape index (κ1) is 10.7. The smallest absolute Gasteiger partial charge is 0.111 e. The van der Waals surface area contributed by atoms with Gasteiger partial charge in [-0.15, -0.1) is 0 Å². The zero-order chi connectivity index (χ0) is 9.84. The van der Waals surface area contributed by atoms with Crippen LogP contribution in [0.5, 0.6) is 0 Å². The summed E-state index contributed by atoms with van der Waals surface area (Å²) in [5.41, 5.74) is 2.04. The molecule has 1 N–H and O–H groups in total. The van der Waals surface area contributed by atoms with Crippen molar-refractivity contribution in [1.82, 2.24) is 4.98 Å². The van der Waals surface area contributed by atoms with Gasteiger partial charge in [0, 0.05) is 11.8 Å². The number of hydrogen-bond donors (Lipinski definition) is 1. The van der Waals surface area contributed by atoms with Crippen LogP contribution in [0.2, 0.25) is 0 Å². The number of hydrogen-bond acceptors (Lipinski definition) is 2. The second-order valence-electron chi connectivity index (χ2n) is 3.55. The summed E-state index contributed by atoms with van der Waals surface area (Å²) in [5.74, 6) is 0.620. The monoisotopic (exact) mass is 243 g/mol. The van der Waals surface area contributed by atoms with Gasteiger partial charge < -0.3 is 5.11 Å². The number of nitrogens with zero attached hydrogens (tertiary/aromatic N) is 1. The molecule has 0 bridgehead atoms. The first-order chi connectivity index (χ1) is 6.13. The van der Waals surface area contributed by atoms with Gasteiger partial charge in [-0.1, -0.05) is 13.8 Å². The maximum Gasteiger partial charge on any atom is 0.111 e. The number of halogens is 1. The van der Waals surface area contributed by atoms with Gasteiger partial charge in [-0.2, -0.15) is 0 Å². The van der Waals surface area contributed by atoms with Gasteiger partial charge in [-0.05, 0) is 39.9 Å². The van der Waals surface area contributed by atoms with Crippen LogP contribution < -0.4 is 0 Å². The predicted octanol–water partition coefficient (Wildman–Crippen LogP) is 2.53. The summed E-state index contributed by atoms with van der Waals surface area (Å²) in [6.45, 7) is 4.38. The Morgan fingerprint density at radius 1 is 1.54 bits per heavy atom. The summed E-state index contributed by atoms with van der Waals surface area (Å²) >= 11 is 3.29. The zero-order valence-electron chi connectivity index (χ0n) is 7.92. The van der Waals surface area contributed by atoms with E-state index >= 15 is 0 Å². The van der Waals surface area contributed by atoms with Crippen LogP contribution in [0.25, 0.3) is 0 Å². The third kappa shape index (κ3) is 3.08. The van der Waals surface area contributed by atoms with E-state index in [1.807, 2.05) is 12.3 Å². The Morgan fingerprint density at radius 2 is 2.23 bits per heavy atom. The Labute approximate surface area is 87.1 Å². The lowest BCUT2D eigenvalue weighted by Gasteiger charge is -2.06. The lowest BCUT2D eigenvalue weighted by atomic mass is 10.0. The summed E-state index contributed by atoms with van der Waals surface area (Å²) in [5, 5.41) is 9.01. The molecular formula is C10H14BrNO. The van der Waals surface area contributed by atoms with Crippen molar-refractivity contribution in [3.05, 3.63) is 28.0 Å². The van der Waals surface area contributed by atoms with Crippen molar-refractivity contribution in [2.75, 3.05) is 0 Å². The van der Waals surface area contributed by atoms with Crippen LogP contribution >= 0.6 is 15.9 Å². The average molecular weight is 244 g/mol. The SMILES string of the molecule is CC(C)Cc1cnc(Br)c(CO)c1. The molecule has 0 radical (unpaired) electrons. The minimum atomic E-state index is 0.0412. The summed E-state index contributed by atoms with van der Waals surface area (Å²) in [6.07, 6.45) is 2.86. The largest absolute Gasteiger partial charge is 0.392 e. The quantitative estimate of drug-likeness (QED) is 0.829. The molecule has 0 atom stereocenters. The van der Waals surface area contributed by atoms with Crippen molar-refractivity contribution in [3.63, 3.8) is 0 Å². The van der Waals surface area contributed by atoms with E-state index in [0.29, 0.717) is 5.92 Å². The summed E-state index contributed by atoms with van der Waals surface area (Å²) in [4.78, 5) is 4.16. The van der Waals surface area contributed by atoms with Crippen LogP contribution in [0, 0.1) is 5.92 Å². The Kier molecular flexibility index (Phi) is 3.88. The highest BCUT2D eigenvalue weighted by atomic mass is 79.9. The molecule has 0 unspecified atom stereocenters. The zero-order valence-corrected chi connectivity index (χ0v) is 9.50. The van der Waals surface area contributed by atoms with Crippen molar-refractivity contribution in [1.29, 1.82) is 0 Å². The van der Waals surface area contributed by atoms with E-state index in [4.69, 9.17) is 5.11 Å². The van der Waals surface area contributed by atoms with E-state index < -0.39 is 0 Å². The van der Waals surface area contributed by atoms with Crippen molar-refractivity contribution in [2.45, 2.75) is 26.9 Å². The van der Waals surface area contributed by atoms with E-state index in [1.54, 1.807) is 0 Å². The maximum atomic E-state index is 9.01. The van der Waals surface area contributed by atoms with E-state index in [0.717, 1.165) is 16.6 Å². The van der Waals surface area contributed by atoms with Gasteiger partial charge in [0.2, 0.25) is 0 Å². The van der Waals surface area contributed by atoms with Crippen molar-refractivity contribution >= 4 is 15.9 Å². The summed E-state index contributed by atoms with van der Waals surface area (Å²) < 4.78 is 0.738. The number of aliphatic hydroxyl groups is 1.